The van der Waals surface area contributed by atoms with Crippen molar-refractivity contribution in [2.75, 3.05) is 13.1 Å². The molecule has 0 aromatic rings. The molecule has 0 aromatic heterocycles. The van der Waals surface area contributed by atoms with Crippen molar-refractivity contribution >= 4 is 5.91 Å². The first-order chi connectivity index (χ1) is 7.38. The van der Waals surface area contributed by atoms with E-state index in [9.17, 15) is 4.79 Å². The molecule has 1 amide bonds. The maximum absolute atomic E-state index is 12.4. The van der Waals surface area contributed by atoms with Crippen LogP contribution in [-0.4, -0.2) is 29.9 Å². The fraction of sp³-hybridized carbons (Fsp3) is 0.923. The van der Waals surface area contributed by atoms with Gasteiger partial charge in [-0.25, -0.2) is 0 Å². The first-order valence-electron chi connectivity index (χ1n) is 6.39. The van der Waals surface area contributed by atoms with Gasteiger partial charge in [-0.1, -0.05) is 27.7 Å². The second kappa shape index (κ2) is 5.17. The lowest BCUT2D eigenvalue weighted by molar-refractivity contribution is -0.141. The van der Waals surface area contributed by atoms with Crippen LogP contribution in [0.2, 0.25) is 0 Å². The van der Waals surface area contributed by atoms with Gasteiger partial charge >= 0.3 is 0 Å². The molecule has 1 atom stereocenters. The van der Waals surface area contributed by atoms with Crippen molar-refractivity contribution in [3.8, 4) is 0 Å². The average Bonchev–Trinajstić information content (AvgIpc) is 2.61. The van der Waals surface area contributed by atoms with Gasteiger partial charge in [-0.2, -0.15) is 0 Å². The number of nitrogens with two attached hydrogens (primary N) is 1. The molecule has 1 rings (SSSR count). The first-order valence-corrected chi connectivity index (χ1v) is 6.39. The number of rotatable bonds is 4. The number of carbonyl (C=O) groups excluding carboxylic acids is 1. The van der Waals surface area contributed by atoms with Gasteiger partial charge < -0.3 is 10.6 Å². The quantitative estimate of drug-likeness (QED) is 0.797. The summed E-state index contributed by atoms with van der Waals surface area (Å²) in [4.78, 5) is 14.4. The summed E-state index contributed by atoms with van der Waals surface area (Å²) < 4.78 is 0. The Balaban J connectivity index is 2.68. The number of hydrogen-bond acceptors (Lipinski definition) is 2. The van der Waals surface area contributed by atoms with Crippen molar-refractivity contribution in [3.63, 3.8) is 0 Å². The van der Waals surface area contributed by atoms with Crippen molar-refractivity contribution < 1.29 is 4.79 Å². The van der Waals surface area contributed by atoms with Crippen molar-refractivity contribution in [1.29, 1.82) is 0 Å². The molecule has 0 saturated carbocycles. The van der Waals surface area contributed by atoms with Crippen LogP contribution in [-0.2, 0) is 4.79 Å². The third-order valence-corrected chi connectivity index (χ3v) is 3.41. The molecule has 3 nitrogen and oxygen atoms in total. The zero-order valence-electron chi connectivity index (χ0n) is 11.1. The van der Waals surface area contributed by atoms with E-state index in [-0.39, 0.29) is 17.4 Å². The predicted molar refractivity (Wildman–Crippen MR) is 67.0 cm³/mol. The fourth-order valence-electron chi connectivity index (χ4n) is 2.84. The van der Waals surface area contributed by atoms with Gasteiger partial charge in [0.05, 0.1) is 0 Å². The summed E-state index contributed by atoms with van der Waals surface area (Å²) in [5.74, 6) is 0.840. The number of amides is 1. The molecule has 0 bridgehead atoms. The van der Waals surface area contributed by atoms with E-state index in [0.29, 0.717) is 12.5 Å². The molecule has 94 valence electrons. The van der Waals surface area contributed by atoms with E-state index in [4.69, 9.17) is 5.73 Å². The van der Waals surface area contributed by atoms with Crippen LogP contribution in [0.4, 0.5) is 0 Å². The Labute approximate surface area is 99.4 Å². The zero-order chi connectivity index (χ0) is 12.3. The van der Waals surface area contributed by atoms with Crippen LogP contribution in [0.5, 0.6) is 0 Å². The molecule has 0 aromatic carbocycles. The van der Waals surface area contributed by atoms with Crippen molar-refractivity contribution in [1.82, 2.24) is 4.90 Å². The molecule has 0 aliphatic carbocycles. The number of hydrogen-bond donors (Lipinski definition) is 1. The molecule has 0 radical (unpaired) electrons. The Hall–Kier alpha value is -0.570. The average molecular weight is 226 g/mol. The molecule has 1 heterocycles. The minimum atomic E-state index is -0.244. The van der Waals surface area contributed by atoms with Crippen LogP contribution in [0, 0.1) is 11.3 Å². The van der Waals surface area contributed by atoms with Gasteiger partial charge in [-0.15, -0.1) is 0 Å². The van der Waals surface area contributed by atoms with Crippen LogP contribution in [0.15, 0.2) is 0 Å². The van der Waals surface area contributed by atoms with E-state index in [1.165, 1.54) is 0 Å². The molecule has 1 unspecified atom stereocenters. The molecule has 1 aliphatic heterocycles. The van der Waals surface area contributed by atoms with Gasteiger partial charge in [0, 0.05) is 24.5 Å². The Morgan fingerprint density at radius 3 is 2.62 bits per heavy atom. The lowest BCUT2D eigenvalue weighted by Crippen LogP contribution is -2.46. The van der Waals surface area contributed by atoms with Crippen LogP contribution >= 0.6 is 0 Å². The van der Waals surface area contributed by atoms with Crippen LogP contribution in [0.25, 0.3) is 0 Å². The number of nitrogens with zero attached hydrogens (tertiary/aromatic N) is 1. The van der Waals surface area contributed by atoms with Crippen molar-refractivity contribution in [2.45, 2.75) is 53.0 Å². The normalized spacial score (nSPS) is 21.9. The highest BCUT2D eigenvalue weighted by Gasteiger charge is 2.37. The van der Waals surface area contributed by atoms with Crippen molar-refractivity contribution in [3.05, 3.63) is 0 Å². The molecule has 2 N–H and O–H groups in total. The Kier molecular flexibility index (Phi) is 4.36. The highest BCUT2D eigenvalue weighted by atomic mass is 16.2. The topological polar surface area (TPSA) is 46.3 Å². The summed E-state index contributed by atoms with van der Waals surface area (Å²) in [6.07, 6.45) is 3.12. The molecule has 16 heavy (non-hydrogen) atoms. The fourth-order valence-corrected chi connectivity index (χ4v) is 2.84. The Morgan fingerprint density at radius 2 is 2.12 bits per heavy atom. The third-order valence-electron chi connectivity index (χ3n) is 3.41. The van der Waals surface area contributed by atoms with E-state index in [1.54, 1.807) is 0 Å². The highest BCUT2D eigenvalue weighted by molar-refractivity contribution is 5.82. The van der Waals surface area contributed by atoms with Crippen LogP contribution in [0.1, 0.15) is 47.0 Å². The standard InChI is InChI=1S/C13H26N2O/c1-10(2)8-13(3,4)12(16)15-7-5-6-11(15)9-14/h10-11H,5-9,14H2,1-4H3. The smallest absolute Gasteiger partial charge is 0.228 e. The summed E-state index contributed by atoms with van der Waals surface area (Å²) >= 11 is 0. The number of carbonyl (C=O) groups is 1. The minimum absolute atomic E-state index is 0.244. The monoisotopic (exact) mass is 226 g/mol. The Morgan fingerprint density at radius 1 is 1.50 bits per heavy atom. The van der Waals surface area contributed by atoms with E-state index in [1.807, 2.05) is 4.90 Å². The number of likely N-dealkylation sites (tertiary alicyclic amines) is 1. The predicted octanol–water partition coefficient (Wildman–Crippen LogP) is 2.01. The second-order valence-corrected chi connectivity index (χ2v) is 6.01. The molecule has 3 heteroatoms. The van der Waals surface area contributed by atoms with Crippen molar-refractivity contribution in [2.24, 2.45) is 17.1 Å². The molecule has 1 saturated heterocycles. The summed E-state index contributed by atoms with van der Waals surface area (Å²) in [5, 5.41) is 0. The van der Waals surface area contributed by atoms with Gasteiger partial charge in [-0.05, 0) is 25.2 Å². The lowest BCUT2D eigenvalue weighted by atomic mass is 9.82. The van der Waals surface area contributed by atoms with Gasteiger partial charge in [0.25, 0.3) is 0 Å². The molecule has 1 aliphatic rings. The Bertz CT molecular complexity index is 248. The summed E-state index contributed by atoms with van der Waals surface area (Å²) in [6.45, 7) is 9.94. The summed E-state index contributed by atoms with van der Waals surface area (Å²) in [7, 11) is 0. The van der Waals surface area contributed by atoms with Gasteiger partial charge in [0.2, 0.25) is 5.91 Å². The second-order valence-electron chi connectivity index (χ2n) is 6.01. The summed E-state index contributed by atoms with van der Waals surface area (Å²) in [6, 6.07) is 0.277. The first kappa shape index (κ1) is 13.5. The van der Waals surface area contributed by atoms with E-state index < -0.39 is 0 Å². The van der Waals surface area contributed by atoms with Gasteiger partial charge in [0.1, 0.15) is 0 Å². The summed E-state index contributed by atoms with van der Waals surface area (Å²) in [5.41, 5.74) is 5.47. The van der Waals surface area contributed by atoms with Crippen LogP contribution < -0.4 is 5.73 Å². The molecular weight excluding hydrogens is 200 g/mol. The van der Waals surface area contributed by atoms with E-state index >= 15 is 0 Å². The molecule has 1 fully saturated rings. The minimum Gasteiger partial charge on any atom is -0.338 e. The maximum atomic E-state index is 12.4. The van der Waals surface area contributed by atoms with Crippen LogP contribution in [0.3, 0.4) is 0 Å². The molecule has 0 spiro atoms. The van der Waals surface area contributed by atoms with Gasteiger partial charge in [-0.3, -0.25) is 4.79 Å². The largest absolute Gasteiger partial charge is 0.338 e. The SMILES string of the molecule is CC(C)CC(C)(C)C(=O)N1CCCC1CN. The molecular formula is C13H26N2O. The van der Waals surface area contributed by atoms with Gasteiger partial charge in [0.15, 0.2) is 0 Å². The third kappa shape index (κ3) is 2.97. The van der Waals surface area contributed by atoms with E-state index in [0.717, 1.165) is 25.8 Å². The maximum Gasteiger partial charge on any atom is 0.228 e. The zero-order valence-corrected chi connectivity index (χ0v) is 11.1. The highest BCUT2D eigenvalue weighted by Crippen LogP contribution is 2.31. The van der Waals surface area contributed by atoms with E-state index in [2.05, 4.69) is 27.7 Å². The lowest BCUT2D eigenvalue weighted by Gasteiger charge is -2.33.